The van der Waals surface area contributed by atoms with Gasteiger partial charge in [0.05, 0.1) is 5.71 Å². The van der Waals surface area contributed by atoms with Gasteiger partial charge in [-0.25, -0.2) is 0 Å². The van der Waals surface area contributed by atoms with E-state index < -0.39 is 0 Å². The number of oxime groups is 1. The Morgan fingerprint density at radius 2 is 1.65 bits per heavy atom. The molecule has 0 heterocycles. The maximum absolute atomic E-state index is 11.8. The zero-order chi connectivity index (χ0) is 18.0. The van der Waals surface area contributed by atoms with Crippen LogP contribution in [0.4, 0.5) is 0 Å². The molecule has 1 atom stereocenters. The van der Waals surface area contributed by atoms with E-state index in [4.69, 9.17) is 0 Å². The Kier molecular flexibility index (Phi) is 16.5. The smallest absolute Gasteiger partial charge is 0.111 e. The second-order valence-electron chi connectivity index (χ2n) is 8.14. The molecule has 0 spiro atoms. The van der Waals surface area contributed by atoms with Crippen molar-refractivity contribution in [3.8, 4) is 0 Å². The van der Waals surface area contributed by atoms with Crippen LogP contribution < -0.4 is 0 Å². The number of ketones is 1. The summed E-state index contributed by atoms with van der Waals surface area (Å²) in [4.78, 5) is 16.1. The standard InChI is InChI=1S/C12H23O.C7H14NO.Y/c1-9(8-11(2,3)4)10(13)12(5,6)7;1-4-5-6-7(2)8-9-3;/h9H,1,8H2,2-7H3;3-6H2,1-2H3;/q2*-1;/b;8-7+;. The molecular formula is C19H37NO2Y-2. The molecule has 0 bridgehead atoms. The summed E-state index contributed by atoms with van der Waals surface area (Å²) >= 11 is 0. The van der Waals surface area contributed by atoms with Crippen molar-refractivity contribution in [1.29, 1.82) is 0 Å². The summed E-state index contributed by atoms with van der Waals surface area (Å²) in [6.07, 6.45) is 4.26. The summed E-state index contributed by atoms with van der Waals surface area (Å²) in [5.74, 6) is 0.197. The summed E-state index contributed by atoms with van der Waals surface area (Å²) in [6.45, 7) is 20.3. The summed E-state index contributed by atoms with van der Waals surface area (Å²) in [5.41, 5.74) is 0.956. The first kappa shape index (κ1) is 28.1. The molecule has 0 fully saturated rings. The topological polar surface area (TPSA) is 38.7 Å². The molecule has 0 rings (SSSR count). The van der Waals surface area contributed by atoms with E-state index >= 15 is 0 Å². The Hall–Kier alpha value is 0.244. The normalized spacial score (nSPS) is 13.4. The molecule has 0 aromatic rings. The van der Waals surface area contributed by atoms with E-state index in [9.17, 15) is 4.79 Å². The van der Waals surface area contributed by atoms with Crippen LogP contribution in [0.2, 0.25) is 0 Å². The summed E-state index contributed by atoms with van der Waals surface area (Å²) in [7, 11) is 3.15. The van der Waals surface area contributed by atoms with Gasteiger partial charge in [0.2, 0.25) is 0 Å². The molecule has 23 heavy (non-hydrogen) atoms. The van der Waals surface area contributed by atoms with E-state index in [1.165, 1.54) is 12.8 Å². The molecule has 0 N–H and O–H groups in total. The van der Waals surface area contributed by atoms with Crippen LogP contribution >= 0.6 is 0 Å². The minimum atomic E-state index is -0.252. The maximum atomic E-state index is 11.8. The van der Waals surface area contributed by atoms with Crippen molar-refractivity contribution in [3.63, 3.8) is 0 Å². The Balaban J connectivity index is -0.000000354. The first-order valence-corrected chi connectivity index (χ1v) is 8.17. The third-order valence-corrected chi connectivity index (χ3v) is 3.08. The van der Waals surface area contributed by atoms with E-state index in [1.54, 1.807) is 0 Å². The van der Waals surface area contributed by atoms with E-state index in [-0.39, 0.29) is 55.2 Å². The fourth-order valence-corrected chi connectivity index (χ4v) is 2.03. The molecule has 0 saturated carbocycles. The molecule has 0 aromatic heterocycles. The zero-order valence-corrected chi connectivity index (χ0v) is 19.5. The van der Waals surface area contributed by atoms with Gasteiger partial charge >= 0.3 is 0 Å². The van der Waals surface area contributed by atoms with Gasteiger partial charge in [-0.15, -0.1) is 18.2 Å². The Labute approximate surface area is 170 Å². The number of nitrogens with zero attached hydrogens (tertiary/aromatic N) is 1. The van der Waals surface area contributed by atoms with Crippen LogP contribution in [0.5, 0.6) is 0 Å². The Morgan fingerprint density at radius 1 is 1.17 bits per heavy atom. The Bertz CT molecular complexity index is 338. The number of carbonyl (C=O) groups is 1. The molecule has 1 radical (unpaired) electrons. The number of hydrogen-bond donors (Lipinski definition) is 0. The van der Waals surface area contributed by atoms with Crippen LogP contribution in [0.15, 0.2) is 5.16 Å². The van der Waals surface area contributed by atoms with Crippen LogP contribution in [0.3, 0.4) is 0 Å². The van der Waals surface area contributed by atoms with Crippen LogP contribution in [0.1, 0.15) is 81.1 Å². The molecule has 3 nitrogen and oxygen atoms in total. The van der Waals surface area contributed by atoms with Crippen molar-refractivity contribution in [2.75, 3.05) is 0 Å². The monoisotopic (exact) mass is 400 g/mol. The molecule has 0 aliphatic carbocycles. The van der Waals surface area contributed by atoms with Gasteiger partial charge in [-0.05, 0) is 25.2 Å². The third kappa shape index (κ3) is 18.4. The number of carbonyl (C=O) groups excluding carboxylic acids is 1. The minimum absolute atomic E-state index is 0. The van der Waals surface area contributed by atoms with Gasteiger partial charge in [0.1, 0.15) is 5.78 Å². The molecular weight excluding hydrogens is 363 g/mol. The summed E-state index contributed by atoms with van der Waals surface area (Å²) in [5, 5.41) is 3.67. The van der Waals surface area contributed by atoms with Gasteiger partial charge in [0, 0.05) is 38.1 Å². The maximum Gasteiger partial charge on any atom is 0.111 e. The fraction of sp³-hybridized carbons (Fsp3) is 0.789. The van der Waals surface area contributed by atoms with Gasteiger partial charge in [0.25, 0.3) is 0 Å². The fourth-order valence-electron chi connectivity index (χ4n) is 2.03. The summed E-state index contributed by atoms with van der Waals surface area (Å²) < 4.78 is 0. The quantitative estimate of drug-likeness (QED) is 0.319. The first-order valence-electron chi connectivity index (χ1n) is 8.17. The molecule has 0 aliphatic heterocycles. The molecule has 0 amide bonds. The third-order valence-electron chi connectivity index (χ3n) is 3.08. The molecule has 135 valence electrons. The van der Waals surface area contributed by atoms with Gasteiger partial charge in [-0.1, -0.05) is 61.3 Å². The largest absolute Gasteiger partial charge is 0.570 e. The van der Waals surface area contributed by atoms with Crippen molar-refractivity contribution in [3.05, 3.63) is 14.0 Å². The number of unbranched alkanes of at least 4 members (excludes halogenated alkanes) is 1. The molecule has 0 aromatic carbocycles. The Morgan fingerprint density at radius 3 is 1.96 bits per heavy atom. The SMILES string of the molecule is [CH2-]C(CC(C)(C)C)C(=O)C(C)(C)C.[CH2-]O/N=C(\C)CCCC.[Y]. The van der Waals surface area contributed by atoms with Crippen LogP contribution in [0.25, 0.3) is 0 Å². The minimum Gasteiger partial charge on any atom is -0.570 e. The summed E-state index contributed by atoms with van der Waals surface area (Å²) in [6, 6.07) is 0. The van der Waals surface area contributed by atoms with Gasteiger partial charge < -0.3 is 16.6 Å². The average molecular weight is 400 g/mol. The van der Waals surface area contributed by atoms with E-state index in [2.05, 4.69) is 51.7 Å². The predicted octanol–water partition coefficient (Wildman–Crippen LogP) is 5.85. The first-order chi connectivity index (χ1) is 9.85. The second kappa shape index (κ2) is 13.5. The predicted molar refractivity (Wildman–Crippen MR) is 96.5 cm³/mol. The van der Waals surface area contributed by atoms with Crippen LogP contribution in [0, 0.1) is 30.8 Å². The molecule has 0 saturated heterocycles. The van der Waals surface area contributed by atoms with Crippen molar-refractivity contribution >= 4 is 11.5 Å². The van der Waals surface area contributed by atoms with Crippen LogP contribution in [-0.2, 0) is 42.3 Å². The van der Waals surface area contributed by atoms with Crippen LogP contribution in [-0.4, -0.2) is 11.5 Å². The van der Waals surface area contributed by atoms with E-state index in [1.807, 2.05) is 27.7 Å². The molecule has 4 heteroatoms. The van der Waals surface area contributed by atoms with Crippen molar-refractivity contribution < 1.29 is 42.3 Å². The van der Waals surface area contributed by atoms with Crippen molar-refractivity contribution in [2.45, 2.75) is 81.1 Å². The van der Waals surface area contributed by atoms with Crippen molar-refractivity contribution in [2.24, 2.45) is 21.9 Å². The van der Waals surface area contributed by atoms with Gasteiger partial charge in [0.15, 0.2) is 0 Å². The van der Waals surface area contributed by atoms with Gasteiger partial charge in [-0.2, -0.15) is 0 Å². The van der Waals surface area contributed by atoms with E-state index in [0.29, 0.717) is 0 Å². The number of rotatable bonds is 6. The average Bonchev–Trinajstić information content (AvgIpc) is 2.33. The number of hydrogen-bond acceptors (Lipinski definition) is 3. The molecule has 0 aliphatic rings. The second-order valence-corrected chi connectivity index (χ2v) is 8.14. The zero-order valence-electron chi connectivity index (χ0n) is 16.7. The van der Waals surface area contributed by atoms with Gasteiger partial charge in [-0.3, -0.25) is 0 Å². The number of Topliss-reactive ketones (excluding diaryl/α,β-unsaturated/α-hetero) is 1. The van der Waals surface area contributed by atoms with E-state index in [0.717, 1.165) is 18.6 Å². The van der Waals surface area contributed by atoms with Crippen molar-refractivity contribution in [1.82, 2.24) is 0 Å². The molecule has 1 unspecified atom stereocenters.